The van der Waals surface area contributed by atoms with Crippen LogP contribution < -0.4 is 0 Å². The number of carbonyl (C=O) groups excluding carboxylic acids is 6. The lowest BCUT2D eigenvalue weighted by Crippen LogP contribution is -2.56. The van der Waals surface area contributed by atoms with Crippen LogP contribution in [0, 0.1) is 29.6 Å². The van der Waals surface area contributed by atoms with Crippen LogP contribution in [0.2, 0.25) is 0 Å². The number of nitrogens with zero attached hydrogens (tertiary/aromatic N) is 6. The van der Waals surface area contributed by atoms with E-state index in [1.165, 1.54) is 64.2 Å². The van der Waals surface area contributed by atoms with E-state index in [1.54, 1.807) is 6.92 Å². The monoisotopic (exact) mass is 1790 g/mol. The van der Waals surface area contributed by atoms with Crippen LogP contribution in [-0.2, 0) is 28.8 Å². The smallest absolute Gasteiger partial charge is 0.156 e. The van der Waals surface area contributed by atoms with Gasteiger partial charge in [0.25, 0.3) is 0 Å². The van der Waals surface area contributed by atoms with Gasteiger partial charge in [-0.15, -0.1) is 78.9 Å². The van der Waals surface area contributed by atoms with Crippen molar-refractivity contribution in [3.05, 3.63) is 152 Å². The zero-order valence-corrected chi connectivity index (χ0v) is 90.0. The molecule has 744 valence electrons. The van der Waals surface area contributed by atoms with Crippen LogP contribution in [0.3, 0.4) is 0 Å². The highest BCUT2D eigenvalue weighted by Gasteiger charge is 2.48. The Morgan fingerprint density at radius 2 is 0.359 bits per heavy atom. The Hall–Kier alpha value is -5.34. The van der Waals surface area contributed by atoms with E-state index in [0.29, 0.717) is 72.0 Å². The average Bonchev–Trinajstić information content (AvgIpc) is 0.801. The van der Waals surface area contributed by atoms with Crippen LogP contribution in [-0.4, -0.2) is 177 Å². The summed E-state index contributed by atoms with van der Waals surface area (Å²) in [6, 6.07) is 1.79. The van der Waals surface area contributed by atoms with Gasteiger partial charge in [-0.25, -0.2) is 0 Å². The summed E-state index contributed by atoms with van der Waals surface area (Å²) >= 11 is 0. The van der Waals surface area contributed by atoms with Gasteiger partial charge < -0.3 is 0 Å². The largest absolute Gasteiger partial charge is 0.298 e. The van der Waals surface area contributed by atoms with Crippen LogP contribution in [0.15, 0.2) is 152 Å². The van der Waals surface area contributed by atoms with E-state index in [2.05, 4.69) is 233 Å². The zero-order valence-electron chi connectivity index (χ0n) is 90.0. The molecule has 12 heteroatoms. The van der Waals surface area contributed by atoms with Crippen molar-refractivity contribution >= 4 is 34.7 Å². The summed E-state index contributed by atoms with van der Waals surface area (Å²) in [5, 5.41) is 0. The minimum absolute atomic E-state index is 0.0242. The average molecular weight is 1790 g/mol. The van der Waals surface area contributed by atoms with Gasteiger partial charge in [-0.05, 0) is 318 Å². The van der Waals surface area contributed by atoms with Gasteiger partial charge in [0.1, 0.15) is 5.78 Å². The lowest BCUT2D eigenvalue weighted by molar-refractivity contribution is -0.137. The van der Waals surface area contributed by atoms with E-state index < -0.39 is 5.54 Å². The molecule has 0 bridgehead atoms. The minimum Gasteiger partial charge on any atom is -0.298 e. The van der Waals surface area contributed by atoms with Crippen molar-refractivity contribution in [1.29, 1.82) is 0 Å². The fourth-order valence-corrected chi connectivity index (χ4v) is 18.3. The molecule has 0 aliphatic rings. The number of unbranched alkanes of at least 4 members (excludes halogenated alkanes) is 20. The van der Waals surface area contributed by atoms with Crippen molar-refractivity contribution in [1.82, 2.24) is 29.4 Å². The Bertz CT molecular complexity index is 2920. The Balaban J connectivity index is -0.000000351. The molecule has 0 saturated heterocycles. The number of allylic oxidation sites excluding steroid dienone is 10. The van der Waals surface area contributed by atoms with Gasteiger partial charge in [0, 0.05) is 59.8 Å². The molecule has 0 spiro atoms. The second-order valence-corrected chi connectivity index (χ2v) is 40.1. The summed E-state index contributed by atoms with van der Waals surface area (Å²) in [7, 11) is 14.6. The van der Waals surface area contributed by atoms with Crippen LogP contribution in [0.25, 0.3) is 0 Å². The van der Waals surface area contributed by atoms with E-state index >= 15 is 0 Å². The van der Waals surface area contributed by atoms with E-state index in [9.17, 15) is 28.8 Å². The molecular formula is C116H214N6O6. The summed E-state index contributed by atoms with van der Waals surface area (Å²) in [6.45, 7) is 89.1. The highest BCUT2D eigenvalue weighted by atomic mass is 16.2. The van der Waals surface area contributed by atoms with Gasteiger partial charge in [-0.2, -0.15) is 0 Å². The summed E-state index contributed by atoms with van der Waals surface area (Å²) < 4.78 is 0. The third-order valence-corrected chi connectivity index (χ3v) is 27.2. The number of rotatable bonds is 76. The first-order valence-corrected chi connectivity index (χ1v) is 51.0. The van der Waals surface area contributed by atoms with E-state index in [4.69, 9.17) is 0 Å². The molecule has 0 radical (unpaired) electrons. The summed E-state index contributed by atoms with van der Waals surface area (Å²) in [5.74, 6) is 2.48. The molecule has 0 fully saturated rings. The highest BCUT2D eigenvalue weighted by Crippen LogP contribution is 2.39. The topological polar surface area (TPSA) is 122 Å². The molecule has 0 aliphatic carbocycles. The first-order chi connectivity index (χ1) is 60.2. The predicted octanol–water partition coefficient (Wildman–Crippen LogP) is 30.9. The summed E-state index contributed by atoms with van der Waals surface area (Å²) in [5.41, 5.74) is -2.07. The third-order valence-electron chi connectivity index (χ3n) is 27.2. The molecule has 128 heavy (non-hydrogen) atoms. The fraction of sp³-hybridized carbons (Fsp3) is 0.741. The molecule has 0 aromatic carbocycles. The normalized spacial score (nSPS) is 12.1. The maximum Gasteiger partial charge on any atom is 0.156 e. The second kappa shape index (κ2) is 78.0. The Kier molecular flexibility index (Phi) is 81.3. The number of likely N-dealkylation sites (N-methyl/N-ethyl adjacent to an activating group) is 6. The molecule has 0 aromatic rings. The molecule has 0 saturated carbocycles. The fourth-order valence-electron chi connectivity index (χ4n) is 18.3. The maximum atomic E-state index is 13.4. The van der Waals surface area contributed by atoms with Crippen LogP contribution in [0.4, 0.5) is 0 Å². The molecule has 0 aromatic heterocycles. The number of hydrogen-bond acceptors (Lipinski definition) is 12. The molecule has 0 unspecified atom stereocenters. The van der Waals surface area contributed by atoms with Crippen molar-refractivity contribution in [3.63, 3.8) is 0 Å². The molecule has 12 nitrogen and oxygen atoms in total. The molecule has 0 rings (SSSR count). The van der Waals surface area contributed by atoms with Crippen LogP contribution >= 0.6 is 0 Å². The first-order valence-electron chi connectivity index (χ1n) is 51.0. The van der Waals surface area contributed by atoms with Gasteiger partial charge in [0.2, 0.25) is 0 Å². The lowest BCUT2D eigenvalue weighted by Gasteiger charge is -2.44. The SMILES string of the molecule is C=CCC(CC=C)(C(=O)C(C)C)N(C)C(C)C.C=CCCC(CCC=C)(C(=O)C(C)C)N(C)C(C)C.C=CCCCC(CCCC=C)(C(=O)C(C)C)N(C)C(C)C.C=CCCCCC(CCCCC=C)(C(C)=O)N(C)C.C=CCCCCCC(CCCCCC=C)(C(=O)C(C)C)N(C)C(C)C.C=CCCCCCCC(CCCCCCC=C)(C(=O)C(C)C)N(C)C(C)C. The van der Waals surface area contributed by atoms with E-state index in [-0.39, 0.29) is 63.1 Å². The zero-order chi connectivity index (χ0) is 99.9. The second-order valence-electron chi connectivity index (χ2n) is 40.1. The van der Waals surface area contributed by atoms with Crippen molar-refractivity contribution in [2.24, 2.45) is 29.6 Å². The minimum atomic E-state index is -0.480. The third kappa shape index (κ3) is 50.7. The molecule has 0 amide bonds. The Morgan fingerprint density at radius 1 is 0.203 bits per heavy atom. The molecule has 0 heterocycles. The Morgan fingerprint density at radius 3 is 0.547 bits per heavy atom. The van der Waals surface area contributed by atoms with Gasteiger partial charge >= 0.3 is 0 Å². The van der Waals surface area contributed by atoms with Crippen molar-refractivity contribution < 1.29 is 28.8 Å². The number of ketones is 6. The summed E-state index contributed by atoms with van der Waals surface area (Å²) in [4.78, 5) is 90.7. The predicted molar refractivity (Wildman–Crippen MR) is 571 cm³/mol. The molecular weight excluding hydrogens is 1570 g/mol. The van der Waals surface area contributed by atoms with Gasteiger partial charge in [-0.1, -0.05) is 219 Å². The van der Waals surface area contributed by atoms with Crippen LogP contribution in [0.5, 0.6) is 0 Å². The summed E-state index contributed by atoms with van der Waals surface area (Å²) in [6.07, 6.45) is 67.2. The highest BCUT2D eigenvalue weighted by molar-refractivity contribution is 5.92. The van der Waals surface area contributed by atoms with Crippen molar-refractivity contribution in [2.45, 2.75) is 479 Å². The number of hydrogen-bond donors (Lipinski definition) is 0. The van der Waals surface area contributed by atoms with E-state index in [0.717, 1.165) is 193 Å². The number of Topliss-reactive ketones (excluding diaryl/α,β-unsaturated/α-hetero) is 6. The number of carbonyl (C=O) groups is 6. The van der Waals surface area contributed by atoms with Crippen molar-refractivity contribution in [3.8, 4) is 0 Å². The molecule has 0 N–H and O–H groups in total. The van der Waals surface area contributed by atoms with Gasteiger partial charge in [0.05, 0.1) is 33.2 Å². The quantitative estimate of drug-likeness (QED) is 0.0426. The Labute approximate surface area is 797 Å². The van der Waals surface area contributed by atoms with E-state index in [1.807, 2.05) is 136 Å². The van der Waals surface area contributed by atoms with Gasteiger partial charge in [0.15, 0.2) is 28.9 Å². The molecule has 0 aliphatic heterocycles. The maximum absolute atomic E-state index is 13.4. The van der Waals surface area contributed by atoms with Gasteiger partial charge in [-0.3, -0.25) is 58.2 Å². The van der Waals surface area contributed by atoms with Crippen LogP contribution in [0.1, 0.15) is 415 Å². The standard InChI is InChI=1S/C25H47NO.C23H43NO.C19H35NO.2C17H31NO.C15H27NO/c1-8-10-12-14-16-18-20-25(24(27)22(3)4,26(7)23(5)6)21-19-17-15-13-11-9-2;1-8-10-12-14-16-18-23(22(25)20(3)4,24(7)21(5)6)19-17-15-13-11-9-2;1-8-10-12-14-19(15-13-11-9-2,18(21)16(3)4)20(7)17(5)6;1-8-10-12-17(13-11-9-2,16(19)14(3)4)18(7)15(5)6;1-6-8-10-12-14-17(16(3)19,18(4)5)15-13-11-9-7-2;1-8-10-15(11-9-2,14(17)12(3)4)16(7)13(5)6/h8-9,22-23H,1-2,10-21H2,3-7H3;8-9,20-21H,1-2,10-19H2,3-7H3;8-9,16-17H,1-2,10-15H2,3-7H3;8-9,14-15H,1-2,10-13H2,3-7H3;6-7H,1-2,8-15H2,3-5H3;8-9,12-13H,1-2,10-11H2,3-7H3. The lowest BCUT2D eigenvalue weighted by atomic mass is 9.76. The molecule has 0 atom stereocenters. The first kappa shape index (κ1) is 133. The van der Waals surface area contributed by atoms with Crippen molar-refractivity contribution in [2.75, 3.05) is 49.3 Å².